The van der Waals surface area contributed by atoms with Crippen LogP contribution in [0, 0.1) is 0 Å². The summed E-state index contributed by atoms with van der Waals surface area (Å²) in [6.45, 7) is 1.23. The van der Waals surface area contributed by atoms with Crippen LogP contribution in [-0.2, 0) is 17.8 Å². The molecule has 0 saturated heterocycles. The lowest BCUT2D eigenvalue weighted by molar-refractivity contribution is -0.136. The van der Waals surface area contributed by atoms with Crippen LogP contribution in [0.25, 0.3) is 22.6 Å². The molecule has 4 aromatic rings. The number of aromatic nitrogens is 1. The molecule has 1 aromatic heterocycles. The summed E-state index contributed by atoms with van der Waals surface area (Å²) in [4.78, 5) is 11.1. The third kappa shape index (κ3) is 6.33. The minimum absolute atomic E-state index is 0.129. The van der Waals surface area contributed by atoms with Gasteiger partial charge < -0.3 is 19.7 Å². The van der Waals surface area contributed by atoms with Crippen molar-refractivity contribution >= 4 is 52.4 Å². The maximum atomic E-state index is 11.1. The minimum Gasteiger partial charge on any atom is -0.491 e. The van der Waals surface area contributed by atoms with E-state index < -0.39 is 5.97 Å². The van der Waals surface area contributed by atoms with Crippen LogP contribution in [0.4, 0.5) is 0 Å². The molecule has 0 aliphatic carbocycles. The van der Waals surface area contributed by atoms with E-state index in [-0.39, 0.29) is 6.42 Å². The molecular weight excluding hydrogens is 546 g/mol. The number of carbonyl (C=O) groups is 1. The first-order chi connectivity index (χ1) is 17.3. The van der Waals surface area contributed by atoms with Gasteiger partial charge in [0.2, 0.25) is 0 Å². The molecule has 0 aliphatic heterocycles. The van der Waals surface area contributed by atoms with E-state index in [1.165, 1.54) is 0 Å². The predicted octanol–water partition coefficient (Wildman–Crippen LogP) is 7.42. The molecule has 186 valence electrons. The van der Waals surface area contributed by atoms with E-state index in [9.17, 15) is 4.79 Å². The van der Waals surface area contributed by atoms with Crippen molar-refractivity contribution in [1.82, 2.24) is 10.5 Å². The summed E-state index contributed by atoms with van der Waals surface area (Å²) in [5, 5.41) is 18.5. The number of aliphatic carboxylic acids is 1. The number of rotatable bonds is 10. The lowest BCUT2D eigenvalue weighted by atomic mass is 10.0. The smallest absolute Gasteiger partial charge is 0.307 e. The highest BCUT2D eigenvalue weighted by molar-refractivity contribution is 6.35. The molecular formula is C26H20Cl4N2O4. The molecule has 0 radical (unpaired) electrons. The Balaban J connectivity index is 1.56. The number of carboxylic acid groups (broad SMARTS) is 1. The number of carboxylic acids is 1. The van der Waals surface area contributed by atoms with Crippen molar-refractivity contribution in [3.8, 4) is 28.3 Å². The molecule has 10 heteroatoms. The van der Waals surface area contributed by atoms with Gasteiger partial charge in [-0.15, -0.1) is 0 Å². The maximum Gasteiger partial charge on any atom is 0.307 e. The van der Waals surface area contributed by atoms with Crippen molar-refractivity contribution in [2.24, 2.45) is 0 Å². The molecule has 4 rings (SSSR count). The lowest BCUT2D eigenvalue weighted by Gasteiger charge is -2.11. The molecule has 36 heavy (non-hydrogen) atoms. The molecule has 1 heterocycles. The summed E-state index contributed by atoms with van der Waals surface area (Å²) in [6, 6.07) is 17.4. The zero-order chi connectivity index (χ0) is 25.7. The SMILES string of the molecule is O=C(O)Cc1ccc(-c2noc(-c3ccccc3Cl)c2CNCCOc2ccc(Cl)cc2Cl)c(Cl)c1. The van der Waals surface area contributed by atoms with Crippen LogP contribution in [0.5, 0.6) is 5.75 Å². The summed E-state index contributed by atoms with van der Waals surface area (Å²) in [7, 11) is 0. The first kappa shape index (κ1) is 26.3. The second kappa shape index (κ2) is 12.0. The minimum atomic E-state index is -0.937. The van der Waals surface area contributed by atoms with E-state index in [0.717, 1.165) is 5.56 Å². The number of nitrogens with one attached hydrogen (secondary N) is 1. The highest BCUT2D eigenvalue weighted by atomic mass is 35.5. The number of halogens is 4. The standard InChI is InChI=1S/C26H20Cl4N2O4/c27-16-6-8-23(22(30)13-16)35-10-9-31-14-19-25(17-7-5-15(11-21(17)29)12-24(33)34)32-36-26(19)18-3-1-2-4-20(18)28/h1-8,11,13,31H,9-10,12,14H2,(H,33,34). The van der Waals surface area contributed by atoms with Crippen LogP contribution in [0.2, 0.25) is 20.1 Å². The topological polar surface area (TPSA) is 84.6 Å². The average molecular weight is 566 g/mol. The van der Waals surface area contributed by atoms with Crippen LogP contribution in [0.3, 0.4) is 0 Å². The summed E-state index contributed by atoms with van der Waals surface area (Å²) in [6.07, 6.45) is -0.129. The first-order valence-corrected chi connectivity index (χ1v) is 12.4. The lowest BCUT2D eigenvalue weighted by Crippen LogP contribution is -2.21. The van der Waals surface area contributed by atoms with E-state index in [1.807, 2.05) is 18.2 Å². The molecule has 3 aromatic carbocycles. The third-order valence-corrected chi connectivity index (χ3v) is 6.46. The Morgan fingerprint density at radius 1 is 0.944 bits per heavy atom. The summed E-state index contributed by atoms with van der Waals surface area (Å²) in [5.41, 5.74) is 3.18. The average Bonchev–Trinajstić information content (AvgIpc) is 3.23. The van der Waals surface area contributed by atoms with Gasteiger partial charge in [-0.25, -0.2) is 0 Å². The molecule has 0 fully saturated rings. The van der Waals surface area contributed by atoms with E-state index >= 15 is 0 Å². The van der Waals surface area contributed by atoms with Gasteiger partial charge in [-0.2, -0.15) is 0 Å². The number of hydrogen-bond donors (Lipinski definition) is 2. The highest BCUT2D eigenvalue weighted by Gasteiger charge is 2.22. The van der Waals surface area contributed by atoms with Crippen molar-refractivity contribution in [3.63, 3.8) is 0 Å². The van der Waals surface area contributed by atoms with Crippen molar-refractivity contribution < 1.29 is 19.2 Å². The Labute approximate surface area is 227 Å². The normalized spacial score (nSPS) is 11.0. The molecule has 2 N–H and O–H groups in total. The zero-order valence-electron chi connectivity index (χ0n) is 18.7. The third-order valence-electron chi connectivity index (χ3n) is 5.28. The number of benzene rings is 3. The molecule has 0 spiro atoms. The summed E-state index contributed by atoms with van der Waals surface area (Å²) >= 11 is 25.0. The Kier molecular flexibility index (Phi) is 8.77. The van der Waals surface area contributed by atoms with Crippen LogP contribution in [-0.4, -0.2) is 29.4 Å². The molecule has 0 saturated carbocycles. The van der Waals surface area contributed by atoms with Gasteiger partial charge in [-0.05, 0) is 42.0 Å². The fraction of sp³-hybridized carbons (Fsp3) is 0.154. The van der Waals surface area contributed by atoms with Gasteiger partial charge in [0.1, 0.15) is 18.1 Å². The Bertz CT molecular complexity index is 1390. The maximum absolute atomic E-state index is 11.1. The van der Waals surface area contributed by atoms with Gasteiger partial charge in [-0.1, -0.05) is 75.8 Å². The van der Waals surface area contributed by atoms with E-state index in [1.54, 1.807) is 42.5 Å². The second-order valence-electron chi connectivity index (χ2n) is 7.80. The van der Waals surface area contributed by atoms with Crippen LogP contribution in [0.1, 0.15) is 11.1 Å². The number of nitrogens with zero attached hydrogens (tertiary/aromatic N) is 1. The van der Waals surface area contributed by atoms with Gasteiger partial charge in [0.05, 0.1) is 21.5 Å². The Hall–Kier alpha value is -2.74. The monoisotopic (exact) mass is 564 g/mol. The number of ether oxygens (including phenoxy) is 1. The second-order valence-corrected chi connectivity index (χ2v) is 9.46. The predicted molar refractivity (Wildman–Crippen MR) is 142 cm³/mol. The quantitative estimate of drug-likeness (QED) is 0.195. The molecule has 0 amide bonds. The molecule has 0 unspecified atom stereocenters. The van der Waals surface area contributed by atoms with Crippen LogP contribution in [0.15, 0.2) is 65.2 Å². The van der Waals surface area contributed by atoms with E-state index in [4.69, 9.17) is 60.8 Å². The number of hydrogen-bond acceptors (Lipinski definition) is 5. The molecule has 0 aliphatic rings. The molecule has 0 bridgehead atoms. The van der Waals surface area contributed by atoms with Crippen molar-refractivity contribution in [2.45, 2.75) is 13.0 Å². The van der Waals surface area contributed by atoms with E-state index in [0.29, 0.717) is 73.7 Å². The Morgan fingerprint density at radius 2 is 1.75 bits per heavy atom. The van der Waals surface area contributed by atoms with Gasteiger partial charge in [-0.3, -0.25) is 4.79 Å². The van der Waals surface area contributed by atoms with Gasteiger partial charge in [0.15, 0.2) is 5.76 Å². The fourth-order valence-electron chi connectivity index (χ4n) is 3.62. The first-order valence-electron chi connectivity index (χ1n) is 10.9. The summed E-state index contributed by atoms with van der Waals surface area (Å²) in [5.74, 6) is 0.113. The van der Waals surface area contributed by atoms with Gasteiger partial charge >= 0.3 is 5.97 Å². The van der Waals surface area contributed by atoms with Crippen molar-refractivity contribution in [1.29, 1.82) is 0 Å². The Morgan fingerprint density at radius 3 is 2.47 bits per heavy atom. The molecule has 6 nitrogen and oxygen atoms in total. The summed E-state index contributed by atoms with van der Waals surface area (Å²) < 4.78 is 11.5. The fourth-order valence-corrected chi connectivity index (χ4v) is 4.59. The van der Waals surface area contributed by atoms with E-state index in [2.05, 4.69) is 10.5 Å². The van der Waals surface area contributed by atoms with Crippen LogP contribution >= 0.6 is 46.4 Å². The zero-order valence-corrected chi connectivity index (χ0v) is 21.8. The van der Waals surface area contributed by atoms with Gasteiger partial charge in [0.25, 0.3) is 0 Å². The molecule has 0 atom stereocenters. The largest absolute Gasteiger partial charge is 0.491 e. The van der Waals surface area contributed by atoms with Gasteiger partial charge in [0, 0.05) is 34.8 Å². The van der Waals surface area contributed by atoms with Crippen molar-refractivity contribution in [3.05, 3.63) is 91.9 Å². The van der Waals surface area contributed by atoms with Crippen LogP contribution < -0.4 is 10.1 Å². The highest BCUT2D eigenvalue weighted by Crippen LogP contribution is 2.38. The van der Waals surface area contributed by atoms with Crippen molar-refractivity contribution in [2.75, 3.05) is 13.2 Å².